The summed E-state index contributed by atoms with van der Waals surface area (Å²) in [5.41, 5.74) is 2.40. The van der Waals surface area contributed by atoms with Crippen molar-refractivity contribution >= 4 is 33.6 Å². The number of pyridine rings is 1. The number of aromatic nitrogens is 1. The molecule has 0 fully saturated rings. The molecule has 2 aromatic rings. The molecule has 0 unspecified atom stereocenters. The lowest BCUT2D eigenvalue weighted by molar-refractivity contribution is -0.115. The Morgan fingerprint density at radius 1 is 1.25 bits per heavy atom. The van der Waals surface area contributed by atoms with Gasteiger partial charge in [0.2, 0.25) is 5.91 Å². The third-order valence-corrected chi connectivity index (χ3v) is 3.84. The normalized spacial score (nSPS) is 11.5. The predicted octanol–water partition coefficient (Wildman–Crippen LogP) is 3.15. The highest BCUT2D eigenvalue weighted by Gasteiger charge is 2.11. The number of nitrogens with zero attached hydrogens (tertiary/aromatic N) is 1. The third kappa shape index (κ3) is 5.34. The molecule has 24 heavy (non-hydrogen) atoms. The molecule has 3 amide bonds. The van der Waals surface area contributed by atoms with Gasteiger partial charge < -0.3 is 16.0 Å². The lowest BCUT2D eigenvalue weighted by Gasteiger charge is -2.14. The standard InChI is InChI=1S/C17H19BrN4O2/c1-11-9-13(18)6-7-14(11)22-16(23)10-20-17(24)21-12(2)15-5-3-4-8-19-15/h3-9,12H,10H2,1-2H3,(H,22,23)(H2,20,21,24)/t12-/m0/s1. The molecule has 0 spiro atoms. The van der Waals surface area contributed by atoms with Gasteiger partial charge in [-0.15, -0.1) is 0 Å². The van der Waals surface area contributed by atoms with E-state index < -0.39 is 6.03 Å². The number of anilines is 1. The molecule has 1 aromatic carbocycles. The number of urea groups is 1. The van der Waals surface area contributed by atoms with Crippen LogP contribution in [0.15, 0.2) is 47.1 Å². The molecule has 2 rings (SSSR count). The maximum atomic E-state index is 11.9. The highest BCUT2D eigenvalue weighted by molar-refractivity contribution is 9.10. The van der Waals surface area contributed by atoms with E-state index in [4.69, 9.17) is 0 Å². The van der Waals surface area contributed by atoms with Crippen LogP contribution in [0.5, 0.6) is 0 Å². The minimum atomic E-state index is -0.421. The fourth-order valence-corrected chi connectivity index (χ4v) is 2.55. The molecule has 0 aliphatic rings. The van der Waals surface area contributed by atoms with Gasteiger partial charge in [-0.2, -0.15) is 0 Å². The highest BCUT2D eigenvalue weighted by Crippen LogP contribution is 2.19. The maximum Gasteiger partial charge on any atom is 0.315 e. The van der Waals surface area contributed by atoms with Crippen LogP contribution < -0.4 is 16.0 Å². The van der Waals surface area contributed by atoms with Crippen molar-refractivity contribution in [2.24, 2.45) is 0 Å². The van der Waals surface area contributed by atoms with Crippen molar-refractivity contribution in [1.82, 2.24) is 15.6 Å². The minimum Gasteiger partial charge on any atom is -0.330 e. The summed E-state index contributed by atoms with van der Waals surface area (Å²) in [4.78, 5) is 28.0. The van der Waals surface area contributed by atoms with Crippen molar-refractivity contribution < 1.29 is 9.59 Å². The summed E-state index contributed by atoms with van der Waals surface area (Å²) in [5.74, 6) is -0.291. The fraction of sp³-hybridized carbons (Fsp3) is 0.235. The van der Waals surface area contributed by atoms with Gasteiger partial charge >= 0.3 is 6.03 Å². The number of carbonyl (C=O) groups excluding carboxylic acids is 2. The fourth-order valence-electron chi connectivity index (χ4n) is 2.08. The summed E-state index contributed by atoms with van der Waals surface area (Å²) < 4.78 is 0.944. The average Bonchev–Trinajstić information content (AvgIpc) is 2.56. The van der Waals surface area contributed by atoms with Gasteiger partial charge in [-0.3, -0.25) is 9.78 Å². The Hall–Kier alpha value is -2.41. The zero-order valence-electron chi connectivity index (χ0n) is 13.5. The SMILES string of the molecule is Cc1cc(Br)ccc1NC(=O)CNC(=O)N[C@@H](C)c1ccccn1. The monoisotopic (exact) mass is 390 g/mol. The van der Waals surface area contributed by atoms with Crippen LogP contribution in [0.1, 0.15) is 24.2 Å². The number of halogens is 1. The molecule has 7 heteroatoms. The molecule has 1 atom stereocenters. The van der Waals surface area contributed by atoms with E-state index in [1.807, 2.05) is 44.2 Å². The first-order valence-corrected chi connectivity index (χ1v) is 8.26. The molecule has 126 valence electrons. The van der Waals surface area contributed by atoms with E-state index in [-0.39, 0.29) is 18.5 Å². The van der Waals surface area contributed by atoms with E-state index in [1.165, 1.54) is 0 Å². The van der Waals surface area contributed by atoms with Gasteiger partial charge in [0.05, 0.1) is 18.3 Å². The van der Waals surface area contributed by atoms with Crippen molar-refractivity contribution in [3.63, 3.8) is 0 Å². The van der Waals surface area contributed by atoms with Crippen LogP contribution in [-0.2, 0) is 4.79 Å². The van der Waals surface area contributed by atoms with E-state index in [0.717, 1.165) is 15.7 Å². The Kier molecular flexibility index (Phi) is 6.31. The maximum absolute atomic E-state index is 11.9. The summed E-state index contributed by atoms with van der Waals surface area (Å²) >= 11 is 3.37. The number of hydrogen-bond acceptors (Lipinski definition) is 3. The van der Waals surface area contributed by atoms with Gasteiger partial charge in [-0.25, -0.2) is 4.79 Å². The smallest absolute Gasteiger partial charge is 0.315 e. The molecule has 0 aliphatic heterocycles. The van der Waals surface area contributed by atoms with Gasteiger partial charge in [-0.05, 0) is 49.7 Å². The molecule has 1 heterocycles. The molecular weight excluding hydrogens is 372 g/mol. The summed E-state index contributed by atoms with van der Waals surface area (Å²) in [6.07, 6.45) is 1.67. The first-order valence-electron chi connectivity index (χ1n) is 7.47. The van der Waals surface area contributed by atoms with E-state index in [9.17, 15) is 9.59 Å². The van der Waals surface area contributed by atoms with Crippen molar-refractivity contribution in [3.8, 4) is 0 Å². The Morgan fingerprint density at radius 3 is 2.71 bits per heavy atom. The Balaban J connectivity index is 1.80. The largest absolute Gasteiger partial charge is 0.330 e. The molecular formula is C17H19BrN4O2. The second-order valence-corrected chi connectivity index (χ2v) is 6.23. The zero-order chi connectivity index (χ0) is 17.5. The number of hydrogen-bond donors (Lipinski definition) is 3. The predicted molar refractivity (Wildman–Crippen MR) is 96.7 cm³/mol. The van der Waals surface area contributed by atoms with Crippen molar-refractivity contribution in [2.75, 3.05) is 11.9 Å². The van der Waals surface area contributed by atoms with E-state index >= 15 is 0 Å². The third-order valence-electron chi connectivity index (χ3n) is 3.35. The van der Waals surface area contributed by atoms with Crippen molar-refractivity contribution in [1.29, 1.82) is 0 Å². The molecule has 0 saturated heterocycles. The number of amides is 3. The van der Waals surface area contributed by atoms with Crippen LogP contribution in [0.25, 0.3) is 0 Å². The number of carbonyl (C=O) groups is 2. The number of rotatable bonds is 5. The molecule has 0 saturated carbocycles. The van der Waals surface area contributed by atoms with E-state index in [2.05, 4.69) is 36.9 Å². The molecule has 0 bridgehead atoms. The lowest BCUT2D eigenvalue weighted by atomic mass is 10.2. The first-order chi connectivity index (χ1) is 11.5. The molecule has 3 N–H and O–H groups in total. The van der Waals surface area contributed by atoms with Crippen LogP contribution in [0.2, 0.25) is 0 Å². The van der Waals surface area contributed by atoms with Crippen LogP contribution in [0.3, 0.4) is 0 Å². The topological polar surface area (TPSA) is 83.1 Å². The summed E-state index contributed by atoms with van der Waals surface area (Å²) in [7, 11) is 0. The molecule has 0 aliphatic carbocycles. The molecule has 0 radical (unpaired) electrons. The summed E-state index contributed by atoms with van der Waals surface area (Å²) in [5, 5.41) is 8.03. The Bertz CT molecular complexity index is 722. The Labute approximate surface area is 149 Å². The van der Waals surface area contributed by atoms with Gasteiger partial charge in [0.25, 0.3) is 0 Å². The molecule has 1 aromatic heterocycles. The van der Waals surface area contributed by atoms with Crippen LogP contribution in [0.4, 0.5) is 10.5 Å². The number of benzene rings is 1. The van der Waals surface area contributed by atoms with E-state index in [0.29, 0.717) is 5.69 Å². The summed E-state index contributed by atoms with van der Waals surface area (Å²) in [6, 6.07) is 10.4. The van der Waals surface area contributed by atoms with Gasteiger partial charge in [-0.1, -0.05) is 22.0 Å². The molecule has 6 nitrogen and oxygen atoms in total. The van der Waals surface area contributed by atoms with Gasteiger partial charge in [0, 0.05) is 16.4 Å². The van der Waals surface area contributed by atoms with Gasteiger partial charge in [0.1, 0.15) is 0 Å². The highest BCUT2D eigenvalue weighted by atomic mass is 79.9. The van der Waals surface area contributed by atoms with Crippen LogP contribution >= 0.6 is 15.9 Å². The zero-order valence-corrected chi connectivity index (χ0v) is 15.1. The first kappa shape index (κ1) is 17.9. The van der Waals surface area contributed by atoms with Crippen molar-refractivity contribution in [2.45, 2.75) is 19.9 Å². The number of aryl methyl sites for hydroxylation is 1. The summed E-state index contributed by atoms with van der Waals surface area (Å²) in [6.45, 7) is 3.61. The Morgan fingerprint density at radius 2 is 2.04 bits per heavy atom. The van der Waals surface area contributed by atoms with Crippen LogP contribution in [0, 0.1) is 6.92 Å². The van der Waals surface area contributed by atoms with Crippen molar-refractivity contribution in [3.05, 3.63) is 58.3 Å². The second-order valence-electron chi connectivity index (χ2n) is 5.31. The minimum absolute atomic E-state index is 0.115. The van der Waals surface area contributed by atoms with E-state index in [1.54, 1.807) is 12.3 Å². The van der Waals surface area contributed by atoms with Gasteiger partial charge in [0.15, 0.2) is 0 Å². The average molecular weight is 391 g/mol. The van der Waals surface area contributed by atoms with Crippen LogP contribution in [-0.4, -0.2) is 23.5 Å². The second kappa shape index (κ2) is 8.44. The quantitative estimate of drug-likeness (QED) is 0.732. The lowest BCUT2D eigenvalue weighted by Crippen LogP contribution is -2.41. The number of nitrogens with one attached hydrogen (secondary N) is 3.